The highest BCUT2D eigenvalue weighted by Crippen LogP contribution is 2.30. The van der Waals surface area contributed by atoms with Gasteiger partial charge < -0.3 is 5.32 Å². The maximum atomic E-state index is 12.8. The average molecular weight is 381 g/mol. The minimum atomic E-state index is -3.38. The lowest BCUT2D eigenvalue weighted by Crippen LogP contribution is -2.41. The smallest absolute Gasteiger partial charge is 0.253 e. The van der Waals surface area contributed by atoms with E-state index in [1.807, 2.05) is 5.38 Å². The van der Waals surface area contributed by atoms with Crippen LogP contribution in [-0.4, -0.2) is 38.4 Å². The van der Waals surface area contributed by atoms with Crippen LogP contribution < -0.4 is 5.32 Å². The summed E-state index contributed by atoms with van der Waals surface area (Å²) in [5.74, 6) is 0. The van der Waals surface area contributed by atoms with Crippen molar-refractivity contribution in [3.8, 4) is 0 Å². The molecule has 1 aromatic heterocycles. The van der Waals surface area contributed by atoms with Gasteiger partial charge in [0.05, 0.1) is 0 Å². The SMILES string of the molecule is CCCCN(CC1CCCN1)S(=O)(=O)c1sccc1Br. The Balaban J connectivity index is 2.18. The largest absolute Gasteiger partial charge is 0.313 e. The summed E-state index contributed by atoms with van der Waals surface area (Å²) in [4.78, 5) is 0. The Morgan fingerprint density at radius 2 is 2.35 bits per heavy atom. The predicted octanol–water partition coefficient (Wildman–Crippen LogP) is 3.05. The molecule has 0 bridgehead atoms. The highest BCUT2D eigenvalue weighted by atomic mass is 79.9. The average Bonchev–Trinajstić information content (AvgIpc) is 3.05. The Kier molecular flexibility index (Phi) is 6.04. The van der Waals surface area contributed by atoms with Crippen molar-refractivity contribution in [2.75, 3.05) is 19.6 Å². The molecule has 1 aliphatic rings. The fourth-order valence-corrected chi connectivity index (χ4v) is 6.36. The second kappa shape index (κ2) is 7.35. The third-order valence-electron chi connectivity index (χ3n) is 3.51. The first-order valence-electron chi connectivity index (χ1n) is 7.02. The van der Waals surface area contributed by atoms with E-state index >= 15 is 0 Å². The maximum absolute atomic E-state index is 12.8. The summed E-state index contributed by atoms with van der Waals surface area (Å²) >= 11 is 4.62. The van der Waals surface area contributed by atoms with Crippen LogP contribution in [-0.2, 0) is 10.0 Å². The van der Waals surface area contributed by atoms with Crippen molar-refractivity contribution in [3.05, 3.63) is 15.9 Å². The first-order valence-corrected chi connectivity index (χ1v) is 10.1. The van der Waals surface area contributed by atoms with E-state index in [2.05, 4.69) is 28.2 Å². The molecule has 1 aliphatic heterocycles. The van der Waals surface area contributed by atoms with Crippen LogP contribution in [0, 0.1) is 0 Å². The number of halogens is 1. The van der Waals surface area contributed by atoms with Gasteiger partial charge in [-0.2, -0.15) is 4.31 Å². The van der Waals surface area contributed by atoms with Crippen LogP contribution in [0.4, 0.5) is 0 Å². The molecular formula is C13H21BrN2O2S2. The Morgan fingerprint density at radius 1 is 1.55 bits per heavy atom. The van der Waals surface area contributed by atoms with Gasteiger partial charge in [0, 0.05) is 23.6 Å². The molecule has 1 aromatic rings. The topological polar surface area (TPSA) is 49.4 Å². The summed E-state index contributed by atoms with van der Waals surface area (Å²) in [6, 6.07) is 2.09. The van der Waals surface area contributed by atoms with Gasteiger partial charge in [-0.3, -0.25) is 0 Å². The van der Waals surface area contributed by atoms with Gasteiger partial charge in [0.15, 0.2) is 0 Å². The van der Waals surface area contributed by atoms with Gasteiger partial charge in [0.25, 0.3) is 10.0 Å². The number of thiophene rings is 1. The number of unbranched alkanes of at least 4 members (excludes halogenated alkanes) is 1. The van der Waals surface area contributed by atoms with Crippen LogP contribution in [0.5, 0.6) is 0 Å². The molecule has 0 radical (unpaired) electrons. The highest BCUT2D eigenvalue weighted by molar-refractivity contribution is 9.10. The van der Waals surface area contributed by atoms with Crippen LogP contribution in [0.25, 0.3) is 0 Å². The standard InChI is InChI=1S/C13H21BrN2O2S2/c1-2-3-8-16(10-11-5-4-7-15-11)20(17,18)13-12(14)6-9-19-13/h6,9,11,15H,2-5,7-8,10H2,1H3. The quantitative estimate of drug-likeness (QED) is 0.790. The fraction of sp³-hybridized carbons (Fsp3) is 0.692. The van der Waals surface area contributed by atoms with Crippen molar-refractivity contribution in [1.29, 1.82) is 0 Å². The Bertz CT molecular complexity index is 524. The van der Waals surface area contributed by atoms with Gasteiger partial charge in [-0.1, -0.05) is 13.3 Å². The lowest BCUT2D eigenvalue weighted by Gasteiger charge is -2.24. The molecule has 2 heterocycles. The summed E-state index contributed by atoms with van der Waals surface area (Å²) in [7, 11) is -3.38. The summed E-state index contributed by atoms with van der Waals surface area (Å²) in [5, 5.41) is 5.19. The number of rotatable bonds is 7. The van der Waals surface area contributed by atoms with Crippen molar-refractivity contribution in [2.45, 2.75) is 42.9 Å². The normalized spacial score (nSPS) is 19.9. The molecule has 0 saturated carbocycles. The zero-order valence-electron chi connectivity index (χ0n) is 11.6. The van der Waals surface area contributed by atoms with E-state index in [9.17, 15) is 8.42 Å². The molecule has 114 valence electrons. The maximum Gasteiger partial charge on any atom is 0.253 e. The minimum Gasteiger partial charge on any atom is -0.313 e. The first-order chi connectivity index (χ1) is 9.55. The number of sulfonamides is 1. The van der Waals surface area contributed by atoms with E-state index in [4.69, 9.17) is 0 Å². The van der Waals surface area contributed by atoms with E-state index in [1.165, 1.54) is 11.3 Å². The Labute approximate surface area is 133 Å². The third kappa shape index (κ3) is 3.82. The number of nitrogens with zero attached hydrogens (tertiary/aromatic N) is 1. The zero-order valence-corrected chi connectivity index (χ0v) is 14.9. The van der Waals surface area contributed by atoms with Crippen molar-refractivity contribution >= 4 is 37.3 Å². The van der Waals surface area contributed by atoms with Crippen LogP contribution in [0.15, 0.2) is 20.1 Å². The predicted molar refractivity (Wildman–Crippen MR) is 86.7 cm³/mol. The highest BCUT2D eigenvalue weighted by Gasteiger charge is 2.30. The monoisotopic (exact) mass is 380 g/mol. The molecule has 0 aliphatic carbocycles. The van der Waals surface area contributed by atoms with Crippen molar-refractivity contribution in [1.82, 2.24) is 9.62 Å². The molecule has 1 atom stereocenters. The van der Waals surface area contributed by atoms with Crippen molar-refractivity contribution in [2.24, 2.45) is 0 Å². The second-order valence-electron chi connectivity index (χ2n) is 5.07. The minimum absolute atomic E-state index is 0.292. The lowest BCUT2D eigenvalue weighted by atomic mass is 10.2. The van der Waals surface area contributed by atoms with Gasteiger partial charge in [-0.25, -0.2) is 8.42 Å². The molecule has 7 heteroatoms. The van der Waals surface area contributed by atoms with Gasteiger partial charge >= 0.3 is 0 Å². The lowest BCUT2D eigenvalue weighted by molar-refractivity contribution is 0.364. The Hall–Kier alpha value is 0.0500. The summed E-state index contributed by atoms with van der Waals surface area (Å²) < 4.78 is 28.3. The fourth-order valence-electron chi connectivity index (χ4n) is 2.38. The molecule has 20 heavy (non-hydrogen) atoms. The van der Waals surface area contributed by atoms with Crippen molar-refractivity contribution < 1.29 is 8.42 Å². The zero-order chi connectivity index (χ0) is 14.6. The number of nitrogens with one attached hydrogen (secondary N) is 1. The second-order valence-corrected chi connectivity index (χ2v) is 8.97. The van der Waals surface area contributed by atoms with E-state index in [0.717, 1.165) is 32.2 Å². The molecule has 2 rings (SSSR count). The third-order valence-corrected chi connectivity index (χ3v) is 8.02. The van der Waals surface area contributed by atoms with Crippen LogP contribution in [0.2, 0.25) is 0 Å². The molecular weight excluding hydrogens is 360 g/mol. The van der Waals surface area contributed by atoms with E-state index in [-0.39, 0.29) is 0 Å². The van der Waals surface area contributed by atoms with Gasteiger partial charge in [-0.15, -0.1) is 11.3 Å². The summed E-state index contributed by atoms with van der Waals surface area (Å²) in [6.45, 7) is 4.25. The first kappa shape index (κ1) is 16.4. The molecule has 0 amide bonds. The molecule has 0 aromatic carbocycles. The Morgan fingerprint density at radius 3 is 2.90 bits per heavy atom. The number of hydrogen-bond donors (Lipinski definition) is 1. The van der Waals surface area contributed by atoms with Crippen LogP contribution in [0.3, 0.4) is 0 Å². The number of hydrogen-bond acceptors (Lipinski definition) is 4. The molecule has 0 spiro atoms. The molecule has 1 N–H and O–H groups in total. The van der Waals surface area contributed by atoms with E-state index in [0.29, 0.717) is 27.8 Å². The van der Waals surface area contributed by atoms with Crippen LogP contribution in [0.1, 0.15) is 32.6 Å². The van der Waals surface area contributed by atoms with E-state index in [1.54, 1.807) is 10.4 Å². The summed E-state index contributed by atoms with van der Waals surface area (Å²) in [5.41, 5.74) is 0. The molecule has 1 unspecified atom stereocenters. The molecule has 1 saturated heterocycles. The summed E-state index contributed by atoms with van der Waals surface area (Å²) in [6.07, 6.45) is 4.09. The van der Waals surface area contributed by atoms with Crippen molar-refractivity contribution in [3.63, 3.8) is 0 Å². The molecule has 4 nitrogen and oxygen atoms in total. The van der Waals surface area contributed by atoms with E-state index < -0.39 is 10.0 Å². The van der Waals surface area contributed by atoms with Crippen LogP contribution >= 0.6 is 27.3 Å². The molecule has 1 fully saturated rings. The van der Waals surface area contributed by atoms with Gasteiger partial charge in [-0.05, 0) is 53.2 Å². The van der Waals surface area contributed by atoms with Gasteiger partial charge in [0.1, 0.15) is 4.21 Å². The van der Waals surface area contributed by atoms with Gasteiger partial charge in [0.2, 0.25) is 0 Å².